The monoisotopic (exact) mass is 593 g/mol. The number of aromatic nitrogens is 1. The van der Waals surface area contributed by atoms with Gasteiger partial charge < -0.3 is 19.3 Å². The van der Waals surface area contributed by atoms with Crippen LogP contribution in [-0.2, 0) is 24.1 Å². The number of halogens is 2. The second kappa shape index (κ2) is 10.8. The molecule has 0 spiro atoms. The van der Waals surface area contributed by atoms with Crippen LogP contribution in [0.1, 0.15) is 34.0 Å². The summed E-state index contributed by atoms with van der Waals surface area (Å²) in [6.07, 6.45) is 2.14. The van der Waals surface area contributed by atoms with Crippen molar-refractivity contribution in [3.63, 3.8) is 0 Å². The lowest BCUT2D eigenvalue weighted by molar-refractivity contribution is 0.0695. The van der Waals surface area contributed by atoms with E-state index >= 15 is 4.39 Å². The number of fused-ring (bicyclic) bond motifs is 1. The molecule has 1 aromatic heterocycles. The van der Waals surface area contributed by atoms with Crippen LogP contribution in [0.4, 0.5) is 10.1 Å². The summed E-state index contributed by atoms with van der Waals surface area (Å²) in [5.74, 6) is -1.65. The van der Waals surface area contributed by atoms with E-state index in [0.717, 1.165) is 29.9 Å². The zero-order chi connectivity index (χ0) is 25.1. The Morgan fingerprint density at radius 2 is 1.91 bits per heavy atom. The lowest BCUT2D eigenvalue weighted by Crippen LogP contribution is -2.36. The number of carboxylic acids is 1. The van der Waals surface area contributed by atoms with Crippen LogP contribution < -0.4 is 10.3 Å². The minimum Gasteiger partial charge on any atom is -0.477 e. The van der Waals surface area contributed by atoms with Gasteiger partial charge in [-0.2, -0.15) is 4.91 Å². The van der Waals surface area contributed by atoms with Gasteiger partial charge >= 0.3 is 5.97 Å². The van der Waals surface area contributed by atoms with Gasteiger partial charge in [0.25, 0.3) is 0 Å². The summed E-state index contributed by atoms with van der Waals surface area (Å²) in [6.45, 7) is 4.75. The molecule has 1 aliphatic heterocycles. The van der Waals surface area contributed by atoms with Crippen LogP contribution in [0.3, 0.4) is 0 Å². The number of nitroso groups, excluding NO2 is 1. The number of carboxylic acid groups (broad SMARTS) is 1. The molecule has 0 radical (unpaired) electrons. The van der Waals surface area contributed by atoms with Gasteiger partial charge in [-0.05, 0) is 70.0 Å². The number of hydrogen-bond acceptors (Lipinski definition) is 6. The molecule has 0 aliphatic carbocycles. The molecule has 1 saturated heterocycles. The van der Waals surface area contributed by atoms with E-state index in [0.29, 0.717) is 34.3 Å². The molecule has 0 unspecified atom stereocenters. The summed E-state index contributed by atoms with van der Waals surface area (Å²) in [5, 5.41) is 12.6. The van der Waals surface area contributed by atoms with Crippen molar-refractivity contribution in [1.82, 2.24) is 4.57 Å². The number of anilines is 1. The highest BCUT2D eigenvalue weighted by Crippen LogP contribution is 2.29. The fourth-order valence-electron chi connectivity index (χ4n) is 4.47. The lowest BCUT2D eigenvalue weighted by Gasteiger charge is -2.29. The fraction of sp³-hybridized carbons (Fsp3) is 0.360. The van der Waals surface area contributed by atoms with Crippen molar-refractivity contribution in [2.24, 2.45) is 5.18 Å². The Hall–Kier alpha value is -2.86. The average Bonchev–Trinajstić information content (AvgIpc) is 2.86. The molecule has 1 N–H and O–H groups in total. The molecule has 10 heteroatoms. The van der Waals surface area contributed by atoms with E-state index in [1.54, 1.807) is 10.6 Å². The number of rotatable bonds is 8. The second-order valence-electron chi connectivity index (χ2n) is 8.39. The van der Waals surface area contributed by atoms with Gasteiger partial charge in [-0.25, -0.2) is 9.18 Å². The molecule has 0 saturated carbocycles. The van der Waals surface area contributed by atoms with Gasteiger partial charge in [0.1, 0.15) is 11.4 Å². The highest BCUT2D eigenvalue weighted by molar-refractivity contribution is 14.1. The van der Waals surface area contributed by atoms with Gasteiger partial charge in [0.15, 0.2) is 0 Å². The van der Waals surface area contributed by atoms with Crippen LogP contribution in [0.25, 0.3) is 10.9 Å². The maximum absolute atomic E-state index is 15.2. The summed E-state index contributed by atoms with van der Waals surface area (Å²) in [7, 11) is 0. The molecule has 1 fully saturated rings. The smallest absolute Gasteiger partial charge is 0.341 e. The van der Waals surface area contributed by atoms with Crippen LogP contribution in [0.2, 0.25) is 0 Å². The third kappa shape index (κ3) is 5.22. The van der Waals surface area contributed by atoms with E-state index in [2.05, 4.69) is 10.1 Å². The van der Waals surface area contributed by atoms with Gasteiger partial charge in [-0.15, -0.1) is 0 Å². The Morgan fingerprint density at radius 3 is 2.57 bits per heavy atom. The summed E-state index contributed by atoms with van der Waals surface area (Å²) >= 11 is 1.99. The fourth-order valence-corrected chi connectivity index (χ4v) is 5.14. The second-order valence-corrected chi connectivity index (χ2v) is 9.55. The van der Waals surface area contributed by atoms with Crippen molar-refractivity contribution < 1.29 is 19.0 Å². The maximum Gasteiger partial charge on any atom is 0.341 e. The first-order valence-electron chi connectivity index (χ1n) is 11.4. The van der Waals surface area contributed by atoms with Crippen molar-refractivity contribution in [1.29, 1.82) is 0 Å². The largest absolute Gasteiger partial charge is 0.477 e. The molecule has 35 heavy (non-hydrogen) atoms. The minimum absolute atomic E-state index is 0.0573. The van der Waals surface area contributed by atoms with Crippen LogP contribution in [0.15, 0.2) is 40.4 Å². The molecule has 0 atom stereocenters. The standard InChI is InChI=1S/C25H25FIN3O5/c1-2-15-12-22-19(24(31)20(25(32)33)14-30(22)4-3-28-34)11-16(15)9-17-10-18(13-21(27)23(17)26)29-5-7-35-8-6-29/h10-14H,2-9H2,1H3,(H,32,33). The third-order valence-electron chi connectivity index (χ3n) is 6.29. The van der Waals surface area contributed by atoms with E-state index in [-0.39, 0.29) is 36.3 Å². The summed E-state index contributed by atoms with van der Waals surface area (Å²) < 4.78 is 22.7. The van der Waals surface area contributed by atoms with Crippen LogP contribution in [-0.4, -0.2) is 48.5 Å². The van der Waals surface area contributed by atoms with Crippen LogP contribution in [0, 0.1) is 14.3 Å². The van der Waals surface area contributed by atoms with E-state index < -0.39 is 11.4 Å². The summed E-state index contributed by atoms with van der Waals surface area (Å²) in [6, 6.07) is 7.16. The van der Waals surface area contributed by atoms with Gasteiger partial charge in [0, 0.05) is 43.3 Å². The Bertz CT molecular complexity index is 1350. The molecule has 8 nitrogen and oxygen atoms in total. The van der Waals surface area contributed by atoms with Gasteiger partial charge in [-0.3, -0.25) is 4.79 Å². The number of morpholine rings is 1. The van der Waals surface area contributed by atoms with E-state index in [1.807, 2.05) is 47.7 Å². The van der Waals surface area contributed by atoms with Crippen molar-refractivity contribution in [2.45, 2.75) is 26.3 Å². The molecule has 0 amide bonds. The Kier molecular flexibility index (Phi) is 7.80. The van der Waals surface area contributed by atoms with Crippen LogP contribution in [0.5, 0.6) is 0 Å². The number of nitrogens with zero attached hydrogens (tertiary/aromatic N) is 3. The minimum atomic E-state index is -1.34. The number of carbonyl (C=O) groups is 1. The number of benzene rings is 2. The highest BCUT2D eigenvalue weighted by Gasteiger charge is 2.20. The third-order valence-corrected chi connectivity index (χ3v) is 7.08. The molecule has 2 heterocycles. The normalized spacial score (nSPS) is 13.9. The number of aryl methyl sites for hydroxylation is 1. The molecule has 184 valence electrons. The first-order valence-corrected chi connectivity index (χ1v) is 12.4. The first kappa shape index (κ1) is 25.2. The van der Waals surface area contributed by atoms with Crippen molar-refractivity contribution in [3.8, 4) is 0 Å². The predicted molar refractivity (Wildman–Crippen MR) is 140 cm³/mol. The van der Waals surface area contributed by atoms with Gasteiger partial charge in [0.2, 0.25) is 5.43 Å². The Labute approximate surface area is 214 Å². The molecular weight excluding hydrogens is 568 g/mol. The van der Waals surface area contributed by atoms with Crippen molar-refractivity contribution in [2.75, 3.05) is 37.7 Å². The van der Waals surface area contributed by atoms with Crippen molar-refractivity contribution >= 4 is 45.2 Å². The zero-order valence-electron chi connectivity index (χ0n) is 19.2. The highest BCUT2D eigenvalue weighted by atomic mass is 127. The molecule has 1 aliphatic rings. The molecule has 2 aromatic carbocycles. The van der Waals surface area contributed by atoms with E-state index in [1.165, 1.54) is 6.20 Å². The van der Waals surface area contributed by atoms with E-state index in [4.69, 9.17) is 4.74 Å². The Balaban J connectivity index is 1.84. The molecule has 4 rings (SSSR count). The van der Waals surface area contributed by atoms with Gasteiger partial charge in [0.05, 0.1) is 28.8 Å². The van der Waals surface area contributed by atoms with E-state index in [9.17, 15) is 19.6 Å². The van der Waals surface area contributed by atoms with Crippen molar-refractivity contribution in [3.05, 3.63) is 77.2 Å². The summed E-state index contributed by atoms with van der Waals surface area (Å²) in [4.78, 5) is 37.6. The van der Waals surface area contributed by atoms with Crippen LogP contribution >= 0.6 is 22.6 Å². The summed E-state index contributed by atoms with van der Waals surface area (Å²) in [5.41, 5.74) is 2.64. The quantitative estimate of drug-likeness (QED) is 0.311. The maximum atomic E-state index is 15.2. The number of aromatic carboxylic acids is 1. The first-order chi connectivity index (χ1) is 16.8. The molecular formula is C25H25FIN3O5. The topological polar surface area (TPSA) is 101 Å². The lowest BCUT2D eigenvalue weighted by atomic mass is 9.94. The average molecular weight is 593 g/mol. The predicted octanol–water partition coefficient (Wildman–Crippen LogP) is 4.20. The van der Waals surface area contributed by atoms with Gasteiger partial charge in [-0.1, -0.05) is 12.1 Å². The number of pyridine rings is 1. The number of hydrogen-bond donors (Lipinski definition) is 1. The SMILES string of the molecule is CCc1cc2c(cc1Cc1cc(N3CCOCC3)cc(I)c1F)c(=O)c(C(=O)O)cn2CCN=O. The molecule has 3 aromatic rings. The number of ether oxygens (including phenoxy) is 1. The molecule has 0 bridgehead atoms. The Morgan fingerprint density at radius 1 is 1.17 bits per heavy atom. The zero-order valence-corrected chi connectivity index (χ0v) is 21.4.